The van der Waals surface area contributed by atoms with Gasteiger partial charge in [0.1, 0.15) is 17.7 Å². The first kappa shape index (κ1) is 20.7. The Bertz CT molecular complexity index is 1090. The summed E-state index contributed by atoms with van der Waals surface area (Å²) in [4.78, 5) is 17.0. The number of alkyl halides is 1. The lowest BCUT2D eigenvalue weighted by molar-refractivity contribution is -0.0331. The van der Waals surface area contributed by atoms with Crippen molar-refractivity contribution in [3.05, 3.63) is 76.8 Å². The number of nitrogens with one attached hydrogen (secondary N) is 1. The van der Waals surface area contributed by atoms with Crippen molar-refractivity contribution in [2.45, 2.75) is 37.0 Å². The van der Waals surface area contributed by atoms with Crippen molar-refractivity contribution in [1.82, 2.24) is 10.3 Å². The largest absolute Gasteiger partial charge is 0.387 e. The van der Waals surface area contributed by atoms with Crippen LogP contribution in [0.4, 0.5) is 8.78 Å². The average Bonchev–Trinajstić information content (AvgIpc) is 2.76. The van der Waals surface area contributed by atoms with E-state index in [4.69, 9.17) is 11.6 Å². The first-order chi connectivity index (χ1) is 14.4. The average molecular weight is 431 g/mol. The van der Waals surface area contributed by atoms with Crippen LogP contribution in [0.5, 0.6) is 0 Å². The summed E-state index contributed by atoms with van der Waals surface area (Å²) in [5.74, 6) is -1.81. The number of fused-ring (bicyclic) bond motifs is 1. The van der Waals surface area contributed by atoms with E-state index < -0.39 is 29.4 Å². The summed E-state index contributed by atoms with van der Waals surface area (Å²) in [5.41, 5.74) is -0.865. The summed E-state index contributed by atoms with van der Waals surface area (Å²) in [6, 6.07) is 13.5. The van der Waals surface area contributed by atoms with Crippen molar-refractivity contribution in [2.24, 2.45) is 0 Å². The van der Waals surface area contributed by atoms with Gasteiger partial charge in [-0.1, -0.05) is 48.0 Å². The Hall–Kier alpha value is -2.57. The molecule has 0 saturated heterocycles. The second-order valence-electron chi connectivity index (χ2n) is 7.73. The minimum Gasteiger partial charge on any atom is -0.387 e. The zero-order valence-corrected chi connectivity index (χ0v) is 16.9. The number of rotatable bonds is 4. The molecule has 1 amide bonds. The van der Waals surface area contributed by atoms with E-state index in [0.29, 0.717) is 10.9 Å². The van der Waals surface area contributed by atoms with Crippen molar-refractivity contribution >= 4 is 28.3 Å². The first-order valence-corrected chi connectivity index (χ1v) is 10.2. The molecule has 2 aromatic carbocycles. The fourth-order valence-corrected chi connectivity index (χ4v) is 4.47. The molecule has 1 heterocycles. The molecule has 0 radical (unpaired) electrons. The lowest BCUT2D eigenvalue weighted by atomic mass is 9.71. The van der Waals surface area contributed by atoms with Crippen LogP contribution in [0.3, 0.4) is 0 Å². The SMILES string of the molecule is O=C(NCC1(O)CCC(F)CC1c1cccc(F)c1Cl)c1nccc2ccccc12. The second kappa shape index (κ2) is 8.28. The van der Waals surface area contributed by atoms with Crippen molar-refractivity contribution in [3.63, 3.8) is 0 Å². The molecule has 156 valence electrons. The molecular formula is C23H21ClF2N2O2. The third-order valence-corrected chi connectivity index (χ3v) is 6.23. The summed E-state index contributed by atoms with van der Waals surface area (Å²) in [6.07, 6.45) is 0.694. The fraction of sp³-hybridized carbons (Fsp3) is 0.304. The highest BCUT2D eigenvalue weighted by molar-refractivity contribution is 6.31. The molecule has 1 aromatic heterocycles. The number of carbonyl (C=O) groups is 1. The minimum atomic E-state index is -1.46. The number of benzene rings is 2. The highest BCUT2D eigenvalue weighted by atomic mass is 35.5. The van der Waals surface area contributed by atoms with Crippen LogP contribution in [0.1, 0.15) is 41.2 Å². The minimum absolute atomic E-state index is 0.00205. The van der Waals surface area contributed by atoms with Gasteiger partial charge in [0.05, 0.1) is 10.6 Å². The van der Waals surface area contributed by atoms with Crippen LogP contribution in [0, 0.1) is 5.82 Å². The molecule has 0 spiro atoms. The first-order valence-electron chi connectivity index (χ1n) is 9.81. The van der Waals surface area contributed by atoms with Gasteiger partial charge < -0.3 is 10.4 Å². The maximum Gasteiger partial charge on any atom is 0.270 e. The molecular weight excluding hydrogens is 410 g/mol. The van der Waals surface area contributed by atoms with Crippen molar-refractivity contribution < 1.29 is 18.7 Å². The maximum absolute atomic E-state index is 14.2. The van der Waals surface area contributed by atoms with Gasteiger partial charge >= 0.3 is 0 Å². The van der Waals surface area contributed by atoms with Gasteiger partial charge in [-0.05, 0) is 42.3 Å². The summed E-state index contributed by atoms with van der Waals surface area (Å²) in [6.45, 7) is -0.124. The smallest absolute Gasteiger partial charge is 0.270 e. The molecule has 3 atom stereocenters. The Balaban J connectivity index is 1.60. The van der Waals surface area contributed by atoms with E-state index in [2.05, 4.69) is 10.3 Å². The van der Waals surface area contributed by atoms with E-state index in [1.165, 1.54) is 12.1 Å². The molecule has 2 N–H and O–H groups in total. The fourth-order valence-electron chi connectivity index (χ4n) is 4.21. The Kier molecular flexibility index (Phi) is 5.71. The van der Waals surface area contributed by atoms with E-state index in [-0.39, 0.29) is 36.5 Å². The number of carbonyl (C=O) groups excluding carboxylic acids is 1. The number of pyridine rings is 1. The van der Waals surface area contributed by atoms with Gasteiger partial charge in [0.15, 0.2) is 0 Å². The number of aromatic nitrogens is 1. The summed E-state index contributed by atoms with van der Waals surface area (Å²) < 4.78 is 28.2. The third kappa shape index (κ3) is 3.89. The Labute approximate surface area is 177 Å². The number of amides is 1. The second-order valence-corrected chi connectivity index (χ2v) is 8.11. The van der Waals surface area contributed by atoms with Crippen LogP contribution in [-0.2, 0) is 0 Å². The quantitative estimate of drug-likeness (QED) is 0.625. The van der Waals surface area contributed by atoms with Gasteiger partial charge in [0.2, 0.25) is 0 Å². The van der Waals surface area contributed by atoms with Crippen molar-refractivity contribution in [3.8, 4) is 0 Å². The molecule has 30 heavy (non-hydrogen) atoms. The summed E-state index contributed by atoms with van der Waals surface area (Å²) in [5, 5.41) is 15.5. The van der Waals surface area contributed by atoms with Crippen LogP contribution in [0.15, 0.2) is 54.7 Å². The Morgan fingerprint density at radius 2 is 2.03 bits per heavy atom. The Morgan fingerprint density at radius 3 is 2.87 bits per heavy atom. The van der Waals surface area contributed by atoms with Crippen molar-refractivity contribution in [2.75, 3.05) is 6.54 Å². The third-order valence-electron chi connectivity index (χ3n) is 5.83. The van der Waals surface area contributed by atoms with Crippen LogP contribution < -0.4 is 5.32 Å². The van der Waals surface area contributed by atoms with Crippen LogP contribution >= 0.6 is 11.6 Å². The topological polar surface area (TPSA) is 62.2 Å². The number of halogens is 3. The van der Waals surface area contributed by atoms with Crippen LogP contribution in [0.25, 0.3) is 10.8 Å². The van der Waals surface area contributed by atoms with E-state index in [1.807, 2.05) is 24.3 Å². The zero-order valence-electron chi connectivity index (χ0n) is 16.1. The normalized spacial score (nSPS) is 24.0. The van der Waals surface area contributed by atoms with E-state index in [0.717, 1.165) is 5.39 Å². The zero-order chi connectivity index (χ0) is 21.3. The monoisotopic (exact) mass is 430 g/mol. The highest BCUT2D eigenvalue weighted by Crippen LogP contribution is 2.44. The molecule has 0 aliphatic heterocycles. The molecule has 1 fully saturated rings. The number of nitrogens with zero attached hydrogens (tertiary/aromatic N) is 1. The summed E-state index contributed by atoms with van der Waals surface area (Å²) in [7, 11) is 0. The molecule has 3 aromatic rings. The van der Waals surface area contributed by atoms with Gasteiger partial charge in [-0.2, -0.15) is 0 Å². The molecule has 4 rings (SSSR count). The van der Waals surface area contributed by atoms with Gasteiger partial charge in [0.25, 0.3) is 5.91 Å². The Morgan fingerprint density at radius 1 is 1.23 bits per heavy atom. The lowest BCUT2D eigenvalue weighted by Crippen LogP contribution is -2.50. The standard InChI is InChI=1S/C23H21ClF2N2O2/c24-20-17(6-3-7-19(20)26)18-12-15(25)8-10-23(18,30)13-28-22(29)21-16-5-2-1-4-14(16)9-11-27-21/h1-7,9,11,15,18,30H,8,10,12-13H2,(H,28,29). The molecule has 4 nitrogen and oxygen atoms in total. The summed E-state index contributed by atoms with van der Waals surface area (Å²) >= 11 is 6.12. The van der Waals surface area contributed by atoms with Crippen molar-refractivity contribution in [1.29, 1.82) is 0 Å². The van der Waals surface area contributed by atoms with Gasteiger partial charge in [0, 0.05) is 24.0 Å². The number of aliphatic hydroxyl groups is 1. The molecule has 0 bridgehead atoms. The molecule has 1 aliphatic rings. The molecule has 3 unspecified atom stereocenters. The molecule has 1 saturated carbocycles. The molecule has 1 aliphatic carbocycles. The van der Waals surface area contributed by atoms with Crippen LogP contribution in [-0.4, -0.2) is 34.3 Å². The molecule has 7 heteroatoms. The predicted molar refractivity (Wildman–Crippen MR) is 112 cm³/mol. The van der Waals surface area contributed by atoms with E-state index in [9.17, 15) is 18.7 Å². The number of hydrogen-bond acceptors (Lipinski definition) is 3. The maximum atomic E-state index is 14.2. The van der Waals surface area contributed by atoms with E-state index >= 15 is 0 Å². The highest BCUT2D eigenvalue weighted by Gasteiger charge is 2.44. The van der Waals surface area contributed by atoms with Gasteiger partial charge in [-0.25, -0.2) is 8.78 Å². The van der Waals surface area contributed by atoms with E-state index in [1.54, 1.807) is 18.3 Å². The van der Waals surface area contributed by atoms with Crippen LogP contribution in [0.2, 0.25) is 5.02 Å². The predicted octanol–water partition coefficient (Wildman–Crippen LogP) is 4.79. The number of hydrogen-bond donors (Lipinski definition) is 2. The van der Waals surface area contributed by atoms with Gasteiger partial charge in [-0.15, -0.1) is 0 Å². The lowest BCUT2D eigenvalue weighted by Gasteiger charge is -2.42. The van der Waals surface area contributed by atoms with Gasteiger partial charge in [-0.3, -0.25) is 9.78 Å².